The van der Waals surface area contributed by atoms with Crippen molar-refractivity contribution < 1.29 is 23.8 Å². The number of aromatic nitrogens is 1. The zero-order valence-electron chi connectivity index (χ0n) is 24.5. The van der Waals surface area contributed by atoms with Crippen LogP contribution < -0.4 is 25.8 Å². The molecule has 0 spiro atoms. The normalized spacial score (nSPS) is 16.4. The van der Waals surface area contributed by atoms with E-state index >= 15 is 0 Å². The number of rotatable bonds is 12. The number of carbonyl (C=O) groups excluding carboxylic acids is 2. The number of methoxy groups -OCH3 is 1. The van der Waals surface area contributed by atoms with E-state index in [9.17, 15) is 9.59 Å². The second kappa shape index (κ2) is 13.1. The monoisotopic (exact) mass is 593 g/mol. The van der Waals surface area contributed by atoms with Crippen LogP contribution in [0, 0.1) is 0 Å². The van der Waals surface area contributed by atoms with Crippen molar-refractivity contribution in [3.8, 4) is 11.5 Å². The maximum atomic E-state index is 12.5. The molecule has 4 N–H and O–H groups in total. The van der Waals surface area contributed by atoms with Crippen molar-refractivity contribution in [2.24, 2.45) is 10.7 Å². The molecule has 4 aromatic rings. The third-order valence-electron chi connectivity index (χ3n) is 7.82. The van der Waals surface area contributed by atoms with E-state index in [0.717, 1.165) is 48.0 Å². The molecule has 1 aliphatic carbocycles. The highest BCUT2D eigenvalue weighted by Gasteiger charge is 2.25. The van der Waals surface area contributed by atoms with Crippen LogP contribution in [0.1, 0.15) is 54.1 Å². The third-order valence-corrected chi connectivity index (χ3v) is 7.82. The van der Waals surface area contributed by atoms with Crippen LogP contribution in [0.4, 0.5) is 17.1 Å². The molecule has 10 heteroatoms. The second-order valence-corrected chi connectivity index (χ2v) is 11.0. The van der Waals surface area contributed by atoms with Gasteiger partial charge in [-0.2, -0.15) is 0 Å². The van der Waals surface area contributed by atoms with Crippen molar-refractivity contribution in [1.82, 2.24) is 4.98 Å². The number of fused-ring (bicyclic) bond motifs is 1. The topological polar surface area (TPSA) is 137 Å². The van der Waals surface area contributed by atoms with Crippen LogP contribution in [0.3, 0.4) is 0 Å². The quantitative estimate of drug-likeness (QED) is 0.172. The number of pyridine rings is 1. The lowest BCUT2D eigenvalue weighted by molar-refractivity contribution is -0.150. The molecule has 2 aliphatic rings. The summed E-state index contributed by atoms with van der Waals surface area (Å²) in [5, 5.41) is 7.28. The number of anilines is 3. The first kappa shape index (κ1) is 29.1. The Morgan fingerprint density at radius 3 is 2.43 bits per heavy atom. The van der Waals surface area contributed by atoms with E-state index in [1.54, 1.807) is 19.2 Å². The number of hydrogen-bond acceptors (Lipinski definition) is 9. The van der Waals surface area contributed by atoms with Gasteiger partial charge in [0.2, 0.25) is 0 Å². The molecule has 0 saturated heterocycles. The summed E-state index contributed by atoms with van der Waals surface area (Å²) in [6, 6.07) is 19.5. The Morgan fingerprint density at radius 2 is 1.73 bits per heavy atom. The molecule has 0 radical (unpaired) electrons. The third kappa shape index (κ3) is 6.81. The highest BCUT2D eigenvalue weighted by Crippen LogP contribution is 2.41. The minimum atomic E-state index is -0.755. The first-order valence-corrected chi connectivity index (χ1v) is 14.8. The summed E-state index contributed by atoms with van der Waals surface area (Å²) in [4.78, 5) is 34.0. The molecular weight excluding hydrogens is 558 g/mol. The molecule has 1 saturated carbocycles. The Morgan fingerprint density at radius 1 is 1.00 bits per heavy atom. The van der Waals surface area contributed by atoms with Crippen molar-refractivity contribution in [2.45, 2.75) is 50.3 Å². The van der Waals surface area contributed by atoms with Crippen molar-refractivity contribution in [3.63, 3.8) is 0 Å². The lowest BCUT2D eigenvalue weighted by Gasteiger charge is -2.18. The number of aliphatic imine (C=N–C) groups is 1. The van der Waals surface area contributed by atoms with E-state index in [0.29, 0.717) is 34.7 Å². The van der Waals surface area contributed by atoms with Gasteiger partial charge in [-0.1, -0.05) is 18.2 Å². The number of ether oxygens (including phenoxy) is 3. The molecule has 2 atom stereocenters. The van der Waals surface area contributed by atoms with Crippen LogP contribution in [0.5, 0.6) is 11.5 Å². The average Bonchev–Trinajstić information content (AvgIpc) is 3.77. The van der Waals surface area contributed by atoms with Crippen LogP contribution in [0.15, 0.2) is 77.9 Å². The highest BCUT2D eigenvalue weighted by atomic mass is 16.5. The smallest absolute Gasteiger partial charge is 0.323 e. The predicted molar refractivity (Wildman–Crippen MR) is 170 cm³/mol. The molecule has 2 unspecified atom stereocenters. The van der Waals surface area contributed by atoms with Gasteiger partial charge >= 0.3 is 5.97 Å². The number of esters is 1. The summed E-state index contributed by atoms with van der Waals surface area (Å²) < 4.78 is 17.2. The molecule has 1 aromatic heterocycles. The molecule has 226 valence electrons. The fourth-order valence-electron chi connectivity index (χ4n) is 5.30. The number of nitrogens with two attached hydrogens (primary N) is 1. The molecule has 0 bridgehead atoms. The SMILES string of the molecule is COc1cc2c(Nc3ccc(NC(=O)c4ccccc4)cc3)c(C3C=N3)cnc2cc1OCCC(N)C(=O)OC1CCCC1. The van der Waals surface area contributed by atoms with Crippen LogP contribution >= 0.6 is 0 Å². The van der Waals surface area contributed by atoms with E-state index in [4.69, 9.17) is 19.9 Å². The number of amides is 1. The summed E-state index contributed by atoms with van der Waals surface area (Å²) >= 11 is 0. The zero-order chi connectivity index (χ0) is 30.5. The standard InChI is InChI=1S/C34H35N5O5/c1-42-30-17-25-28(18-31(30)43-16-15-27(35)34(41)44-24-9-5-6-10-24)36-19-26(29-20-37-29)32(25)38-22-11-13-23(14-12-22)39-33(40)21-7-3-2-4-8-21/h2-4,7-8,11-14,17-20,24,27,29H,5-6,9-10,15-16,35H2,1H3,(H,36,38)(H,39,40). The van der Waals surface area contributed by atoms with Gasteiger partial charge in [-0.05, 0) is 68.1 Å². The van der Waals surface area contributed by atoms with Crippen molar-refractivity contribution in [2.75, 3.05) is 24.4 Å². The minimum absolute atomic E-state index is 0.0201. The Labute approximate surface area is 255 Å². The van der Waals surface area contributed by atoms with Crippen LogP contribution in [-0.4, -0.2) is 48.9 Å². The van der Waals surface area contributed by atoms with Crippen molar-refractivity contribution >= 4 is 46.1 Å². The van der Waals surface area contributed by atoms with E-state index in [1.165, 1.54) is 0 Å². The number of nitrogens with one attached hydrogen (secondary N) is 2. The van der Waals surface area contributed by atoms with E-state index in [-0.39, 0.29) is 30.6 Å². The summed E-state index contributed by atoms with van der Waals surface area (Å²) in [6.45, 7) is 0.217. The summed E-state index contributed by atoms with van der Waals surface area (Å²) in [7, 11) is 1.58. The lowest BCUT2D eigenvalue weighted by Crippen LogP contribution is -2.35. The first-order chi connectivity index (χ1) is 21.5. The highest BCUT2D eigenvalue weighted by molar-refractivity contribution is 6.04. The van der Waals surface area contributed by atoms with Gasteiger partial charge in [-0.15, -0.1) is 0 Å². The molecule has 2 heterocycles. The lowest BCUT2D eigenvalue weighted by atomic mass is 10.1. The van der Waals surface area contributed by atoms with E-state index in [1.807, 2.05) is 67.0 Å². The minimum Gasteiger partial charge on any atom is -0.493 e. The Kier molecular flexibility index (Phi) is 8.69. The summed E-state index contributed by atoms with van der Waals surface area (Å²) in [6.07, 6.45) is 7.94. The van der Waals surface area contributed by atoms with Crippen LogP contribution in [0.2, 0.25) is 0 Å². The molecular formula is C34H35N5O5. The maximum absolute atomic E-state index is 12.5. The average molecular weight is 594 g/mol. The zero-order valence-corrected chi connectivity index (χ0v) is 24.5. The number of benzene rings is 3. The van der Waals surface area contributed by atoms with Crippen LogP contribution in [0.25, 0.3) is 10.9 Å². The van der Waals surface area contributed by atoms with E-state index < -0.39 is 6.04 Å². The number of hydrogen-bond donors (Lipinski definition) is 3. The summed E-state index contributed by atoms with van der Waals surface area (Å²) in [5.41, 5.74) is 10.7. The second-order valence-electron chi connectivity index (χ2n) is 11.0. The molecule has 44 heavy (non-hydrogen) atoms. The van der Waals surface area contributed by atoms with Crippen LogP contribution in [-0.2, 0) is 9.53 Å². The van der Waals surface area contributed by atoms with Gasteiger partial charge < -0.3 is 30.6 Å². The maximum Gasteiger partial charge on any atom is 0.323 e. The predicted octanol–water partition coefficient (Wildman–Crippen LogP) is 5.95. The van der Waals surface area contributed by atoms with E-state index in [2.05, 4.69) is 20.6 Å². The van der Waals surface area contributed by atoms with Gasteiger partial charge in [-0.25, -0.2) is 0 Å². The molecule has 6 rings (SSSR count). The molecule has 10 nitrogen and oxygen atoms in total. The largest absolute Gasteiger partial charge is 0.493 e. The Bertz CT molecular complexity index is 1660. The van der Waals surface area contributed by atoms with Gasteiger partial charge in [0.25, 0.3) is 5.91 Å². The van der Waals surface area contributed by atoms with Gasteiger partial charge in [0.15, 0.2) is 11.5 Å². The fraction of sp³-hybridized carbons (Fsp3) is 0.294. The van der Waals surface area contributed by atoms with Gasteiger partial charge in [0.1, 0.15) is 18.2 Å². The number of nitrogens with zero attached hydrogens (tertiary/aromatic N) is 2. The molecule has 1 amide bonds. The van der Waals surface area contributed by atoms with Gasteiger partial charge in [0.05, 0.1) is 24.9 Å². The molecule has 1 fully saturated rings. The summed E-state index contributed by atoms with van der Waals surface area (Å²) in [5.74, 6) is 0.474. The first-order valence-electron chi connectivity index (χ1n) is 14.8. The van der Waals surface area contributed by atoms with Gasteiger partial charge in [0, 0.05) is 52.8 Å². The number of carbonyl (C=O) groups is 2. The Balaban J connectivity index is 1.16. The van der Waals surface area contributed by atoms with Crippen molar-refractivity contribution in [3.05, 3.63) is 84.1 Å². The van der Waals surface area contributed by atoms with Gasteiger partial charge in [-0.3, -0.25) is 19.6 Å². The fourth-order valence-corrected chi connectivity index (χ4v) is 5.30. The molecule has 1 aliphatic heterocycles. The molecule has 3 aromatic carbocycles. The Hall–Kier alpha value is -4.96. The van der Waals surface area contributed by atoms with Crippen molar-refractivity contribution in [1.29, 1.82) is 0 Å².